The highest BCUT2D eigenvalue weighted by atomic mass is 16.2. The van der Waals surface area contributed by atoms with E-state index in [0.29, 0.717) is 24.9 Å². The highest BCUT2D eigenvalue weighted by molar-refractivity contribution is 6.06. The van der Waals surface area contributed by atoms with E-state index in [1.54, 1.807) is 25.1 Å². The summed E-state index contributed by atoms with van der Waals surface area (Å²) >= 11 is 0. The fraction of sp³-hybridized carbons (Fsp3) is 0.385. The Morgan fingerprint density at radius 3 is 2.71 bits per heavy atom. The van der Waals surface area contributed by atoms with Crippen molar-refractivity contribution < 1.29 is 9.59 Å². The molecule has 1 aliphatic rings. The Hall–Kier alpha value is -1.84. The van der Waals surface area contributed by atoms with Crippen molar-refractivity contribution in [1.82, 2.24) is 4.90 Å². The smallest absolute Gasteiger partial charge is 0.323 e. The van der Waals surface area contributed by atoms with Crippen LogP contribution in [0.25, 0.3) is 0 Å². The molecule has 4 nitrogen and oxygen atoms in total. The molecule has 1 heterocycles. The molecule has 1 aromatic carbocycles. The van der Waals surface area contributed by atoms with Crippen LogP contribution in [0.1, 0.15) is 23.2 Å². The molecule has 0 radical (unpaired) electrons. The van der Waals surface area contributed by atoms with E-state index in [4.69, 9.17) is 0 Å². The van der Waals surface area contributed by atoms with Crippen LogP contribution in [0.15, 0.2) is 24.3 Å². The Labute approximate surface area is 101 Å². The van der Waals surface area contributed by atoms with Crippen LogP contribution in [0.5, 0.6) is 0 Å². The molecule has 0 aliphatic carbocycles. The molecule has 0 fully saturated rings. The molecular weight excluding hydrogens is 216 g/mol. The fourth-order valence-electron chi connectivity index (χ4n) is 2.04. The number of urea groups is 1. The van der Waals surface area contributed by atoms with Crippen LogP contribution < -0.4 is 4.90 Å². The van der Waals surface area contributed by atoms with E-state index >= 15 is 0 Å². The van der Waals surface area contributed by atoms with Crippen molar-refractivity contribution in [2.45, 2.75) is 12.8 Å². The first-order valence-corrected chi connectivity index (χ1v) is 5.72. The number of para-hydroxylation sites is 1. The maximum Gasteiger partial charge on any atom is 0.323 e. The van der Waals surface area contributed by atoms with E-state index in [-0.39, 0.29) is 11.8 Å². The van der Waals surface area contributed by atoms with Gasteiger partial charge in [-0.25, -0.2) is 4.79 Å². The Kier molecular flexibility index (Phi) is 3.13. The first-order valence-electron chi connectivity index (χ1n) is 5.72. The molecule has 0 atom stereocenters. The molecule has 0 bridgehead atoms. The molecule has 90 valence electrons. The summed E-state index contributed by atoms with van der Waals surface area (Å²) in [5.41, 5.74) is 1.38. The van der Waals surface area contributed by atoms with Crippen LogP contribution in [0.2, 0.25) is 0 Å². The van der Waals surface area contributed by atoms with Gasteiger partial charge in [0, 0.05) is 32.6 Å². The second kappa shape index (κ2) is 4.57. The normalized spacial score (nSPS) is 15.2. The van der Waals surface area contributed by atoms with Crippen molar-refractivity contribution in [3.63, 3.8) is 0 Å². The van der Waals surface area contributed by atoms with Gasteiger partial charge < -0.3 is 4.90 Å². The molecule has 1 aliphatic heterocycles. The highest BCUT2D eigenvalue weighted by Crippen LogP contribution is 2.26. The van der Waals surface area contributed by atoms with Gasteiger partial charge in [0.05, 0.1) is 5.69 Å². The Morgan fingerprint density at radius 1 is 1.29 bits per heavy atom. The zero-order valence-electron chi connectivity index (χ0n) is 10.1. The molecule has 17 heavy (non-hydrogen) atoms. The van der Waals surface area contributed by atoms with Crippen LogP contribution in [-0.2, 0) is 0 Å². The number of amides is 2. The third-order valence-electron chi connectivity index (χ3n) is 2.89. The monoisotopic (exact) mass is 232 g/mol. The topological polar surface area (TPSA) is 40.6 Å². The van der Waals surface area contributed by atoms with Gasteiger partial charge in [-0.15, -0.1) is 0 Å². The SMILES string of the molecule is CN(C)C(=O)N1CCCC(=O)c2ccccc21. The summed E-state index contributed by atoms with van der Waals surface area (Å²) < 4.78 is 0. The maximum absolute atomic E-state index is 12.1. The number of hydrogen-bond donors (Lipinski definition) is 0. The third-order valence-corrected chi connectivity index (χ3v) is 2.89. The van der Waals surface area contributed by atoms with Crippen LogP contribution in [-0.4, -0.2) is 37.4 Å². The Balaban J connectivity index is 2.45. The Morgan fingerprint density at radius 2 is 2.00 bits per heavy atom. The lowest BCUT2D eigenvalue weighted by molar-refractivity contribution is 0.0983. The molecule has 0 N–H and O–H groups in total. The highest BCUT2D eigenvalue weighted by Gasteiger charge is 2.25. The predicted octanol–water partition coefficient (Wildman–Crippen LogP) is 2.15. The van der Waals surface area contributed by atoms with Crippen molar-refractivity contribution in [1.29, 1.82) is 0 Å². The molecule has 2 rings (SSSR count). The zero-order valence-corrected chi connectivity index (χ0v) is 10.1. The van der Waals surface area contributed by atoms with Gasteiger partial charge in [-0.05, 0) is 18.6 Å². The second-order valence-corrected chi connectivity index (χ2v) is 4.37. The van der Waals surface area contributed by atoms with Crippen molar-refractivity contribution in [2.24, 2.45) is 0 Å². The van der Waals surface area contributed by atoms with Gasteiger partial charge in [0.2, 0.25) is 0 Å². The van der Waals surface area contributed by atoms with Crippen molar-refractivity contribution in [2.75, 3.05) is 25.5 Å². The van der Waals surface area contributed by atoms with Gasteiger partial charge >= 0.3 is 6.03 Å². The largest absolute Gasteiger partial charge is 0.330 e. The van der Waals surface area contributed by atoms with Gasteiger partial charge in [-0.3, -0.25) is 9.69 Å². The molecule has 4 heteroatoms. The standard InChI is InChI=1S/C13H16N2O2/c1-14(2)13(17)15-9-5-8-12(16)10-6-3-4-7-11(10)15/h3-4,6-7H,5,8-9H2,1-2H3. The molecule has 2 amide bonds. The van der Waals surface area contributed by atoms with Crippen molar-refractivity contribution >= 4 is 17.5 Å². The molecule has 0 saturated carbocycles. The number of rotatable bonds is 0. The number of anilines is 1. The minimum atomic E-state index is -0.0767. The molecule has 1 aromatic rings. The van der Waals surface area contributed by atoms with Crippen LogP contribution in [0.4, 0.5) is 10.5 Å². The first kappa shape index (κ1) is 11.6. The molecule has 0 unspecified atom stereocenters. The first-order chi connectivity index (χ1) is 8.11. The lowest BCUT2D eigenvalue weighted by Gasteiger charge is -2.25. The van der Waals surface area contributed by atoms with Crippen LogP contribution >= 0.6 is 0 Å². The van der Waals surface area contributed by atoms with E-state index in [1.807, 2.05) is 18.2 Å². The van der Waals surface area contributed by atoms with E-state index < -0.39 is 0 Å². The quantitative estimate of drug-likeness (QED) is 0.687. The molecule has 0 spiro atoms. The van der Waals surface area contributed by atoms with Crippen LogP contribution in [0.3, 0.4) is 0 Å². The molecule has 0 aromatic heterocycles. The number of benzene rings is 1. The van der Waals surface area contributed by atoms with E-state index in [1.165, 1.54) is 4.90 Å². The molecule has 0 saturated heterocycles. The van der Waals surface area contributed by atoms with E-state index in [2.05, 4.69) is 0 Å². The molecular formula is C13H16N2O2. The number of fused-ring (bicyclic) bond motifs is 1. The average molecular weight is 232 g/mol. The fourth-order valence-corrected chi connectivity index (χ4v) is 2.04. The summed E-state index contributed by atoms with van der Waals surface area (Å²) in [4.78, 5) is 27.2. The van der Waals surface area contributed by atoms with Gasteiger partial charge in [0.15, 0.2) is 5.78 Å². The van der Waals surface area contributed by atoms with Crippen LogP contribution in [0, 0.1) is 0 Å². The summed E-state index contributed by atoms with van der Waals surface area (Å²) in [7, 11) is 3.44. The summed E-state index contributed by atoms with van der Waals surface area (Å²) in [6.07, 6.45) is 1.22. The lowest BCUT2D eigenvalue weighted by Crippen LogP contribution is -2.39. The van der Waals surface area contributed by atoms with Gasteiger partial charge in [0.1, 0.15) is 0 Å². The second-order valence-electron chi connectivity index (χ2n) is 4.37. The lowest BCUT2D eigenvalue weighted by atomic mass is 10.1. The summed E-state index contributed by atoms with van der Waals surface area (Å²) in [6, 6.07) is 7.24. The van der Waals surface area contributed by atoms with E-state index in [0.717, 1.165) is 5.69 Å². The summed E-state index contributed by atoms with van der Waals surface area (Å²) in [6.45, 7) is 0.597. The predicted molar refractivity (Wildman–Crippen MR) is 66.4 cm³/mol. The minimum Gasteiger partial charge on any atom is -0.330 e. The third kappa shape index (κ3) is 2.16. The summed E-state index contributed by atoms with van der Waals surface area (Å²) in [5.74, 6) is 0.120. The minimum absolute atomic E-state index is 0.0767. The number of carbonyl (C=O) groups is 2. The van der Waals surface area contributed by atoms with E-state index in [9.17, 15) is 9.59 Å². The zero-order chi connectivity index (χ0) is 12.4. The van der Waals surface area contributed by atoms with Crippen molar-refractivity contribution in [3.8, 4) is 0 Å². The Bertz CT molecular complexity index is 454. The number of carbonyl (C=O) groups excluding carboxylic acids is 2. The maximum atomic E-state index is 12.1. The number of hydrogen-bond acceptors (Lipinski definition) is 2. The van der Waals surface area contributed by atoms with Gasteiger partial charge in [0.25, 0.3) is 0 Å². The number of Topliss-reactive ketones (excluding diaryl/α,β-unsaturated/α-hetero) is 1. The number of ketones is 1. The number of nitrogens with zero attached hydrogens (tertiary/aromatic N) is 2. The van der Waals surface area contributed by atoms with Gasteiger partial charge in [-0.1, -0.05) is 12.1 Å². The van der Waals surface area contributed by atoms with Gasteiger partial charge in [-0.2, -0.15) is 0 Å². The average Bonchev–Trinajstić information content (AvgIpc) is 2.49. The van der Waals surface area contributed by atoms with Crippen molar-refractivity contribution in [3.05, 3.63) is 29.8 Å². The summed E-state index contributed by atoms with van der Waals surface area (Å²) in [5, 5.41) is 0.